The molecule has 2 aromatic rings. The van der Waals surface area contributed by atoms with Gasteiger partial charge in [0.15, 0.2) is 0 Å². The fourth-order valence-corrected chi connectivity index (χ4v) is 3.68. The van der Waals surface area contributed by atoms with E-state index in [-0.39, 0.29) is 5.91 Å². The van der Waals surface area contributed by atoms with Crippen molar-refractivity contribution in [3.63, 3.8) is 0 Å². The highest BCUT2D eigenvalue weighted by Crippen LogP contribution is 2.27. The highest BCUT2D eigenvalue weighted by atomic mass is 35.5. The van der Waals surface area contributed by atoms with Gasteiger partial charge in [-0.25, -0.2) is 0 Å². The van der Waals surface area contributed by atoms with Gasteiger partial charge in [0, 0.05) is 10.7 Å². The molecule has 1 aliphatic rings. The van der Waals surface area contributed by atoms with Gasteiger partial charge in [0.1, 0.15) is 0 Å². The molecule has 0 bridgehead atoms. The van der Waals surface area contributed by atoms with Crippen LogP contribution in [0.4, 0.5) is 5.69 Å². The first kappa shape index (κ1) is 19.2. The maximum Gasteiger partial charge on any atom is 0.257 e. The van der Waals surface area contributed by atoms with E-state index in [9.17, 15) is 4.79 Å². The summed E-state index contributed by atoms with van der Waals surface area (Å²) in [4.78, 5) is 12.4. The quantitative estimate of drug-likeness (QED) is 0.709. The van der Waals surface area contributed by atoms with E-state index in [4.69, 9.17) is 27.9 Å². The molecule has 138 valence electrons. The third kappa shape index (κ3) is 4.79. The fourth-order valence-electron chi connectivity index (χ4n) is 3.31. The third-order valence-electron chi connectivity index (χ3n) is 5.01. The summed E-state index contributed by atoms with van der Waals surface area (Å²) in [6.45, 7) is 5.21. The van der Waals surface area contributed by atoms with Gasteiger partial charge in [0.2, 0.25) is 0 Å². The van der Waals surface area contributed by atoms with Crippen molar-refractivity contribution in [1.82, 2.24) is 0 Å². The third-order valence-corrected chi connectivity index (χ3v) is 5.58. The number of amides is 1. The number of hydrogen-bond donors (Lipinski definition) is 1. The minimum absolute atomic E-state index is 0.270. The molecule has 2 aromatic carbocycles. The molecule has 3 rings (SSSR count). The van der Waals surface area contributed by atoms with Gasteiger partial charge in [0.05, 0.1) is 23.3 Å². The number of halogens is 2. The lowest BCUT2D eigenvalue weighted by molar-refractivity contribution is -0.0397. The van der Waals surface area contributed by atoms with Crippen molar-refractivity contribution < 1.29 is 9.53 Å². The van der Waals surface area contributed by atoms with Crippen LogP contribution in [0.3, 0.4) is 0 Å². The summed E-state index contributed by atoms with van der Waals surface area (Å²) in [6.07, 6.45) is 2.53. The molecule has 1 heterocycles. The van der Waals surface area contributed by atoms with Crippen molar-refractivity contribution in [3.8, 4) is 0 Å². The minimum atomic E-state index is -0.270. The second-order valence-electron chi connectivity index (χ2n) is 7.10. The van der Waals surface area contributed by atoms with Crippen LogP contribution in [-0.4, -0.2) is 18.6 Å². The molecule has 0 aromatic heterocycles. The van der Waals surface area contributed by atoms with Crippen molar-refractivity contribution in [2.45, 2.75) is 32.8 Å². The molecule has 3 nitrogen and oxygen atoms in total. The first-order valence-corrected chi connectivity index (χ1v) is 9.65. The Labute approximate surface area is 164 Å². The van der Waals surface area contributed by atoms with Crippen LogP contribution in [0.2, 0.25) is 10.0 Å². The Morgan fingerprint density at radius 1 is 1.15 bits per heavy atom. The van der Waals surface area contributed by atoms with Crippen LogP contribution in [0.5, 0.6) is 0 Å². The summed E-state index contributed by atoms with van der Waals surface area (Å²) in [5, 5.41) is 3.72. The zero-order valence-corrected chi connectivity index (χ0v) is 16.5. The topological polar surface area (TPSA) is 38.3 Å². The lowest BCUT2D eigenvalue weighted by Crippen LogP contribution is -2.31. The monoisotopic (exact) mass is 391 g/mol. The normalized spacial score (nSPS) is 22.8. The summed E-state index contributed by atoms with van der Waals surface area (Å²) in [7, 11) is 0. The molecule has 0 saturated carbocycles. The van der Waals surface area contributed by atoms with Crippen LogP contribution in [0.15, 0.2) is 42.5 Å². The largest absolute Gasteiger partial charge is 0.378 e. The van der Waals surface area contributed by atoms with E-state index in [1.165, 1.54) is 12.0 Å². The Kier molecular flexibility index (Phi) is 6.23. The summed E-state index contributed by atoms with van der Waals surface area (Å²) >= 11 is 12.0. The molecular formula is C21H23Cl2NO2. The summed E-state index contributed by atoms with van der Waals surface area (Å²) in [6, 6.07) is 12.8. The molecule has 0 aliphatic carbocycles. The van der Waals surface area contributed by atoms with Crippen molar-refractivity contribution >= 4 is 34.8 Å². The average molecular weight is 392 g/mol. The molecular weight excluding hydrogens is 369 g/mol. The lowest BCUT2D eigenvalue weighted by Gasteiger charge is -2.32. The van der Waals surface area contributed by atoms with Crippen molar-refractivity contribution in [1.29, 1.82) is 0 Å². The SMILES string of the molecule is CC1CC(Cc2ccc(NC(=O)c3cc(Cl)ccc3Cl)cc2)COC1C. The smallest absolute Gasteiger partial charge is 0.257 e. The molecule has 1 saturated heterocycles. The first-order chi connectivity index (χ1) is 12.4. The van der Waals surface area contributed by atoms with E-state index in [1.54, 1.807) is 18.2 Å². The van der Waals surface area contributed by atoms with E-state index in [0.717, 1.165) is 18.7 Å². The zero-order valence-electron chi connectivity index (χ0n) is 15.0. The number of anilines is 1. The van der Waals surface area contributed by atoms with Gasteiger partial charge in [-0.1, -0.05) is 42.3 Å². The molecule has 0 radical (unpaired) electrons. The van der Waals surface area contributed by atoms with Gasteiger partial charge in [-0.3, -0.25) is 4.79 Å². The van der Waals surface area contributed by atoms with Crippen LogP contribution < -0.4 is 5.32 Å². The minimum Gasteiger partial charge on any atom is -0.378 e. The summed E-state index contributed by atoms with van der Waals surface area (Å²) < 4.78 is 5.84. The van der Waals surface area contributed by atoms with E-state index in [1.807, 2.05) is 12.1 Å². The Balaban J connectivity index is 1.61. The van der Waals surface area contributed by atoms with E-state index in [0.29, 0.717) is 33.5 Å². The maximum absolute atomic E-state index is 12.4. The lowest BCUT2D eigenvalue weighted by atomic mass is 9.86. The highest BCUT2D eigenvalue weighted by molar-refractivity contribution is 6.36. The van der Waals surface area contributed by atoms with Gasteiger partial charge in [-0.2, -0.15) is 0 Å². The fraction of sp³-hybridized carbons (Fsp3) is 0.381. The predicted octanol–water partition coefficient (Wildman–Crippen LogP) is 5.85. The number of hydrogen-bond acceptors (Lipinski definition) is 2. The van der Waals surface area contributed by atoms with Gasteiger partial charge in [0.25, 0.3) is 5.91 Å². The first-order valence-electron chi connectivity index (χ1n) is 8.89. The van der Waals surface area contributed by atoms with Crippen LogP contribution in [0.1, 0.15) is 36.2 Å². The van der Waals surface area contributed by atoms with Gasteiger partial charge in [-0.15, -0.1) is 0 Å². The highest BCUT2D eigenvalue weighted by Gasteiger charge is 2.25. The molecule has 5 heteroatoms. The molecule has 26 heavy (non-hydrogen) atoms. The van der Waals surface area contributed by atoms with Crippen molar-refractivity contribution in [2.75, 3.05) is 11.9 Å². The van der Waals surface area contributed by atoms with E-state index < -0.39 is 0 Å². The molecule has 1 amide bonds. The Morgan fingerprint density at radius 3 is 2.58 bits per heavy atom. The zero-order chi connectivity index (χ0) is 18.7. The molecule has 1 N–H and O–H groups in total. The maximum atomic E-state index is 12.4. The Morgan fingerprint density at radius 2 is 1.88 bits per heavy atom. The predicted molar refractivity (Wildman–Crippen MR) is 107 cm³/mol. The number of rotatable bonds is 4. The Hall–Kier alpha value is -1.55. The summed E-state index contributed by atoms with van der Waals surface area (Å²) in [5.41, 5.74) is 2.35. The number of carbonyl (C=O) groups is 1. The molecule has 0 spiro atoms. The standard InChI is InChI=1S/C21H23Cl2NO2/c1-13-9-16(12-26-14(13)2)10-15-3-6-18(7-4-15)24-21(25)19-11-17(22)5-8-20(19)23/h3-8,11,13-14,16H,9-10,12H2,1-2H3,(H,24,25). The van der Waals surface area contributed by atoms with Gasteiger partial charge >= 0.3 is 0 Å². The van der Waals surface area contributed by atoms with Crippen LogP contribution in [0, 0.1) is 11.8 Å². The number of carbonyl (C=O) groups excluding carboxylic acids is 1. The van der Waals surface area contributed by atoms with Crippen molar-refractivity contribution in [2.24, 2.45) is 11.8 Å². The van der Waals surface area contributed by atoms with Crippen LogP contribution in [0.25, 0.3) is 0 Å². The molecule has 3 atom stereocenters. The van der Waals surface area contributed by atoms with E-state index in [2.05, 4.69) is 31.3 Å². The summed E-state index contributed by atoms with van der Waals surface area (Å²) in [5.74, 6) is 0.871. The van der Waals surface area contributed by atoms with Gasteiger partial charge in [-0.05, 0) is 67.5 Å². The second-order valence-corrected chi connectivity index (χ2v) is 7.94. The number of nitrogens with one attached hydrogen (secondary N) is 1. The number of ether oxygens (including phenoxy) is 1. The molecule has 3 unspecified atom stereocenters. The molecule has 1 aliphatic heterocycles. The number of benzene rings is 2. The Bertz CT molecular complexity index is 776. The molecule has 1 fully saturated rings. The van der Waals surface area contributed by atoms with Crippen LogP contribution in [-0.2, 0) is 11.2 Å². The van der Waals surface area contributed by atoms with Gasteiger partial charge < -0.3 is 10.1 Å². The second kappa shape index (κ2) is 8.43. The van der Waals surface area contributed by atoms with Crippen molar-refractivity contribution in [3.05, 3.63) is 63.6 Å². The van der Waals surface area contributed by atoms with Crippen LogP contribution >= 0.6 is 23.2 Å². The average Bonchev–Trinajstić information content (AvgIpc) is 2.62. The van der Waals surface area contributed by atoms with E-state index >= 15 is 0 Å².